The second kappa shape index (κ2) is 24.2. The molecule has 0 atom stereocenters. The maximum absolute atomic E-state index is 13.3. The Morgan fingerprint density at radius 2 is 1.84 bits per heavy atom. The van der Waals surface area contributed by atoms with E-state index in [1.807, 2.05) is 58.0 Å². The molecule has 38 heavy (non-hydrogen) atoms. The maximum Gasteiger partial charge on any atom is 0.316 e. The third kappa shape index (κ3) is 16.6. The van der Waals surface area contributed by atoms with Crippen molar-refractivity contribution in [1.29, 1.82) is 0 Å². The van der Waals surface area contributed by atoms with Gasteiger partial charge in [-0.2, -0.15) is 4.98 Å². The molecule has 1 aromatic carbocycles. The zero-order valence-electron chi connectivity index (χ0n) is 24.5. The maximum atomic E-state index is 13.3. The van der Waals surface area contributed by atoms with Gasteiger partial charge >= 0.3 is 6.01 Å². The van der Waals surface area contributed by atoms with Crippen molar-refractivity contribution in [2.75, 3.05) is 20.8 Å². The second-order valence-corrected chi connectivity index (χ2v) is 7.78. The average Bonchev–Trinajstić information content (AvgIpc) is 2.94. The lowest BCUT2D eigenvalue weighted by Crippen LogP contribution is -2.03. The van der Waals surface area contributed by atoms with E-state index >= 15 is 0 Å². The first-order valence-electron chi connectivity index (χ1n) is 13.0. The van der Waals surface area contributed by atoms with Gasteiger partial charge in [0.25, 0.3) is 0 Å². The molecule has 0 fully saturated rings. The van der Waals surface area contributed by atoms with Crippen LogP contribution < -0.4 is 4.74 Å². The van der Waals surface area contributed by atoms with E-state index in [-0.39, 0.29) is 18.2 Å². The Morgan fingerprint density at radius 1 is 1.16 bits per heavy atom. The number of hydrogen-bond acceptors (Lipinski definition) is 6. The molecule has 0 bridgehead atoms. The largest absolute Gasteiger partial charge is 0.467 e. The first-order chi connectivity index (χ1) is 18.3. The van der Waals surface area contributed by atoms with Crippen LogP contribution in [-0.4, -0.2) is 41.7 Å². The molecule has 0 radical (unpaired) electrons. The number of methoxy groups -OCH3 is 1. The van der Waals surface area contributed by atoms with Crippen molar-refractivity contribution >= 4 is 5.78 Å². The van der Waals surface area contributed by atoms with Gasteiger partial charge in [0.1, 0.15) is 12.4 Å². The number of aliphatic hydroxyl groups is 1. The van der Waals surface area contributed by atoms with Crippen molar-refractivity contribution in [3.63, 3.8) is 0 Å². The SMILES string of the molecule is C=C/C=C\C(F)=C(/CC)CCCC.CC.CO.COc1nc(C)cc(-c2cccc(COCC(C)=O)c2)n1. The number of aryl methyl sites for hydroxylation is 1. The fourth-order valence-electron chi connectivity index (χ4n) is 3.04. The van der Waals surface area contributed by atoms with E-state index in [0.29, 0.717) is 12.6 Å². The van der Waals surface area contributed by atoms with Crippen molar-refractivity contribution in [1.82, 2.24) is 9.97 Å². The predicted molar refractivity (Wildman–Crippen MR) is 156 cm³/mol. The molecule has 0 aliphatic rings. The first-order valence-corrected chi connectivity index (χ1v) is 13.0. The zero-order valence-corrected chi connectivity index (χ0v) is 24.5. The van der Waals surface area contributed by atoms with Gasteiger partial charge in [-0.05, 0) is 62.5 Å². The van der Waals surface area contributed by atoms with Crippen molar-refractivity contribution < 1.29 is 23.8 Å². The highest BCUT2D eigenvalue weighted by Gasteiger charge is 2.06. The summed E-state index contributed by atoms with van der Waals surface area (Å²) < 4.78 is 23.8. The number of aromatic nitrogens is 2. The van der Waals surface area contributed by atoms with E-state index in [4.69, 9.17) is 14.6 Å². The molecule has 1 aromatic heterocycles. The topological polar surface area (TPSA) is 81.5 Å². The van der Waals surface area contributed by atoms with Crippen LogP contribution in [0, 0.1) is 6.92 Å². The number of ether oxygens (including phenoxy) is 2. The Kier molecular flexibility index (Phi) is 23.6. The van der Waals surface area contributed by atoms with E-state index in [9.17, 15) is 9.18 Å². The van der Waals surface area contributed by atoms with Crippen LogP contribution in [0.15, 0.2) is 66.5 Å². The van der Waals surface area contributed by atoms with Crippen molar-refractivity contribution in [3.8, 4) is 17.3 Å². The summed E-state index contributed by atoms with van der Waals surface area (Å²) in [5.74, 6) is -0.0711. The standard InChI is InChI=1S/C16H18N2O3.C12H19F.C2H6.CH4O/c1-11-7-15(18-16(17-11)20-3)14-6-4-5-13(8-14)10-21-9-12(2)19;1-4-7-9-11(6-3)12(13)10-8-5-2;2*1-2/h4-8H,9-10H2,1-3H3;5,8,10H,2,4,6-7,9H2,1,3H3;1-2H3;2H,1H3/b;10-8-,12-11-;;. The van der Waals surface area contributed by atoms with Gasteiger partial charge in [0.05, 0.1) is 19.4 Å². The molecule has 1 N–H and O–H groups in total. The number of aliphatic hydroxyl groups excluding tert-OH is 1. The number of hydrogen-bond donors (Lipinski definition) is 1. The van der Waals surface area contributed by atoms with Crippen LogP contribution in [-0.2, 0) is 16.1 Å². The molecular formula is C31H47FN2O4. The number of carbonyl (C=O) groups is 1. The molecule has 0 unspecified atom stereocenters. The van der Waals surface area contributed by atoms with Crippen molar-refractivity contribution in [2.45, 2.75) is 73.8 Å². The molecule has 2 aromatic rings. The lowest BCUT2D eigenvalue weighted by molar-refractivity contribution is -0.121. The summed E-state index contributed by atoms with van der Waals surface area (Å²) in [7, 11) is 2.55. The lowest BCUT2D eigenvalue weighted by atomic mass is 10.1. The van der Waals surface area contributed by atoms with Crippen LogP contribution in [0.4, 0.5) is 4.39 Å². The highest BCUT2D eigenvalue weighted by molar-refractivity contribution is 5.76. The number of Topliss-reactive ketones (excluding diaryl/α,β-unsaturated/α-hetero) is 1. The molecule has 0 spiro atoms. The Labute approximate surface area is 229 Å². The van der Waals surface area contributed by atoms with Gasteiger partial charge in [-0.3, -0.25) is 4.79 Å². The number of benzene rings is 1. The van der Waals surface area contributed by atoms with Gasteiger partial charge in [0.15, 0.2) is 5.78 Å². The summed E-state index contributed by atoms with van der Waals surface area (Å²) in [6.07, 6.45) is 8.57. The minimum absolute atomic E-state index is 0.0160. The summed E-state index contributed by atoms with van der Waals surface area (Å²) in [4.78, 5) is 19.4. The number of nitrogens with zero attached hydrogens (tertiary/aromatic N) is 2. The third-order valence-electron chi connectivity index (χ3n) is 4.79. The fraction of sp³-hybridized carbons (Fsp3) is 0.452. The van der Waals surface area contributed by atoms with Crippen LogP contribution >= 0.6 is 0 Å². The van der Waals surface area contributed by atoms with Crippen molar-refractivity contribution in [3.05, 3.63) is 77.8 Å². The van der Waals surface area contributed by atoms with Crippen LogP contribution in [0.3, 0.4) is 0 Å². The number of halogens is 1. The monoisotopic (exact) mass is 530 g/mol. The number of unbranched alkanes of at least 4 members (excludes halogenated alkanes) is 1. The number of carbonyl (C=O) groups excluding carboxylic acids is 1. The minimum Gasteiger partial charge on any atom is -0.467 e. The minimum atomic E-state index is -0.0872. The molecular weight excluding hydrogens is 483 g/mol. The smallest absolute Gasteiger partial charge is 0.316 e. The summed E-state index contributed by atoms with van der Waals surface area (Å²) >= 11 is 0. The number of rotatable bonds is 12. The summed E-state index contributed by atoms with van der Waals surface area (Å²) in [5.41, 5.74) is 4.51. The molecule has 0 aliphatic heterocycles. The molecule has 7 heteroatoms. The molecule has 6 nitrogen and oxygen atoms in total. The average molecular weight is 531 g/mol. The highest BCUT2D eigenvalue weighted by atomic mass is 19.1. The van der Waals surface area contributed by atoms with E-state index in [0.717, 1.165) is 60.9 Å². The highest BCUT2D eigenvalue weighted by Crippen LogP contribution is 2.21. The second-order valence-electron chi connectivity index (χ2n) is 7.78. The van der Waals surface area contributed by atoms with E-state index in [1.165, 1.54) is 13.0 Å². The van der Waals surface area contributed by atoms with Gasteiger partial charge in [-0.1, -0.05) is 71.0 Å². The first kappa shape index (κ1) is 37.0. The number of allylic oxidation sites excluding steroid dienone is 5. The van der Waals surface area contributed by atoms with E-state index in [1.54, 1.807) is 19.3 Å². The van der Waals surface area contributed by atoms with Crippen LogP contribution in [0.5, 0.6) is 6.01 Å². The molecule has 0 saturated heterocycles. The summed E-state index contributed by atoms with van der Waals surface area (Å²) in [6.45, 7) is 15.5. The Bertz CT molecular complexity index is 988. The third-order valence-corrected chi connectivity index (χ3v) is 4.79. The van der Waals surface area contributed by atoms with Crippen molar-refractivity contribution in [2.24, 2.45) is 0 Å². The summed E-state index contributed by atoms with van der Waals surface area (Å²) in [5, 5.41) is 7.00. The quantitative estimate of drug-likeness (QED) is 0.283. The van der Waals surface area contributed by atoms with Gasteiger partial charge in [0, 0.05) is 18.4 Å². The Hall–Kier alpha value is -3.16. The lowest BCUT2D eigenvalue weighted by Gasteiger charge is -2.07. The van der Waals surface area contributed by atoms with E-state index < -0.39 is 0 Å². The molecule has 1 heterocycles. The summed E-state index contributed by atoms with van der Waals surface area (Å²) in [6, 6.07) is 10.1. The molecule has 212 valence electrons. The molecule has 0 amide bonds. The van der Waals surface area contributed by atoms with Gasteiger partial charge < -0.3 is 14.6 Å². The van der Waals surface area contributed by atoms with E-state index in [2.05, 4.69) is 23.5 Å². The Morgan fingerprint density at radius 3 is 2.39 bits per heavy atom. The zero-order chi connectivity index (χ0) is 29.3. The fourth-order valence-corrected chi connectivity index (χ4v) is 3.04. The van der Waals surface area contributed by atoms with Crippen LogP contribution in [0.2, 0.25) is 0 Å². The number of ketones is 1. The molecule has 0 saturated carbocycles. The van der Waals surface area contributed by atoms with Gasteiger partial charge in [0.2, 0.25) is 0 Å². The predicted octanol–water partition coefficient (Wildman–Crippen LogP) is 7.75. The molecule has 0 aliphatic carbocycles. The normalized spacial score (nSPS) is 10.6. The van der Waals surface area contributed by atoms with Crippen LogP contribution in [0.1, 0.15) is 71.6 Å². The van der Waals surface area contributed by atoms with Crippen LogP contribution in [0.25, 0.3) is 11.3 Å². The van der Waals surface area contributed by atoms with Gasteiger partial charge in [-0.25, -0.2) is 9.37 Å². The molecule has 2 rings (SSSR count). The Balaban J connectivity index is 0. The van der Waals surface area contributed by atoms with Gasteiger partial charge in [-0.15, -0.1) is 0 Å².